The Balaban J connectivity index is 1.66. The summed E-state index contributed by atoms with van der Waals surface area (Å²) in [4.78, 5) is 18.6. The van der Waals surface area contributed by atoms with Gasteiger partial charge in [0, 0.05) is 31.0 Å². The molecule has 0 bridgehead atoms. The van der Waals surface area contributed by atoms with Crippen LogP contribution in [0.15, 0.2) is 42.7 Å². The zero-order valence-corrected chi connectivity index (χ0v) is 17.8. The van der Waals surface area contributed by atoms with Crippen LogP contribution in [0.1, 0.15) is 31.0 Å². The van der Waals surface area contributed by atoms with E-state index in [0.717, 1.165) is 42.0 Å². The maximum absolute atomic E-state index is 13.8. The number of nitrogens with zero attached hydrogens (tertiary/aromatic N) is 5. The van der Waals surface area contributed by atoms with Crippen molar-refractivity contribution in [1.29, 1.82) is 0 Å². The van der Waals surface area contributed by atoms with Gasteiger partial charge in [-0.15, -0.1) is 5.10 Å². The monoisotopic (exact) mass is 423 g/mol. The van der Waals surface area contributed by atoms with Crippen molar-refractivity contribution in [3.8, 4) is 16.9 Å². The predicted octanol–water partition coefficient (Wildman–Crippen LogP) is 3.55. The summed E-state index contributed by atoms with van der Waals surface area (Å²) in [6, 6.07) is 8.72. The van der Waals surface area contributed by atoms with Gasteiger partial charge in [0.25, 0.3) is 0 Å². The van der Waals surface area contributed by atoms with Crippen molar-refractivity contribution in [2.45, 2.75) is 33.2 Å². The summed E-state index contributed by atoms with van der Waals surface area (Å²) in [5.74, 6) is -0.507. The van der Waals surface area contributed by atoms with Gasteiger partial charge in [0.2, 0.25) is 0 Å². The average molecular weight is 423 g/mol. The lowest BCUT2D eigenvalue weighted by atomic mass is 9.98. The van der Waals surface area contributed by atoms with E-state index in [1.54, 1.807) is 36.1 Å². The summed E-state index contributed by atoms with van der Waals surface area (Å²) in [7, 11) is 0. The van der Waals surface area contributed by atoms with Gasteiger partial charge in [0.05, 0.1) is 23.9 Å². The number of carbonyl (C=O) groups excluding carboxylic acids is 1. The normalized spacial score (nSPS) is 16.9. The number of benzene rings is 1. The first kappa shape index (κ1) is 21.1. The van der Waals surface area contributed by atoms with Gasteiger partial charge in [-0.05, 0) is 69.1 Å². The second kappa shape index (κ2) is 9.34. The van der Waals surface area contributed by atoms with E-state index in [-0.39, 0.29) is 17.7 Å². The zero-order valence-electron chi connectivity index (χ0n) is 17.8. The topological polar surface area (TPSA) is 73.1 Å². The molecule has 3 aromatic rings. The quantitative estimate of drug-likeness (QED) is 0.565. The minimum Gasteiger partial charge on any atom is -0.466 e. The molecule has 162 valence electrons. The maximum Gasteiger partial charge on any atom is 0.310 e. The van der Waals surface area contributed by atoms with Crippen molar-refractivity contribution >= 4 is 5.97 Å². The lowest BCUT2D eigenvalue weighted by Gasteiger charge is -2.31. The highest BCUT2D eigenvalue weighted by atomic mass is 19.1. The average Bonchev–Trinajstić information content (AvgIpc) is 3.20. The molecule has 0 spiro atoms. The fourth-order valence-corrected chi connectivity index (χ4v) is 4.02. The summed E-state index contributed by atoms with van der Waals surface area (Å²) < 4.78 is 20.8. The number of esters is 1. The van der Waals surface area contributed by atoms with Gasteiger partial charge < -0.3 is 4.74 Å². The molecule has 8 heteroatoms. The Bertz CT molecular complexity index is 1050. The third-order valence-corrected chi connectivity index (χ3v) is 5.58. The van der Waals surface area contributed by atoms with Gasteiger partial charge in [-0.2, -0.15) is 0 Å². The van der Waals surface area contributed by atoms with Crippen LogP contribution in [0.4, 0.5) is 4.39 Å². The van der Waals surface area contributed by atoms with E-state index in [2.05, 4.69) is 20.2 Å². The second-order valence-corrected chi connectivity index (χ2v) is 7.79. The molecular weight excluding hydrogens is 397 g/mol. The van der Waals surface area contributed by atoms with Gasteiger partial charge in [-0.25, -0.2) is 9.07 Å². The van der Waals surface area contributed by atoms with E-state index in [0.29, 0.717) is 25.3 Å². The molecular formula is C23H26FN5O2. The predicted molar refractivity (Wildman–Crippen MR) is 114 cm³/mol. The first-order valence-corrected chi connectivity index (χ1v) is 10.6. The van der Waals surface area contributed by atoms with Gasteiger partial charge in [0.1, 0.15) is 11.5 Å². The Morgan fingerprint density at radius 1 is 1.26 bits per heavy atom. The first-order chi connectivity index (χ1) is 15.1. The van der Waals surface area contributed by atoms with E-state index in [9.17, 15) is 9.18 Å². The Morgan fingerprint density at radius 3 is 2.81 bits per heavy atom. The molecule has 7 nitrogen and oxygen atoms in total. The van der Waals surface area contributed by atoms with Crippen LogP contribution >= 0.6 is 0 Å². The van der Waals surface area contributed by atoms with Gasteiger partial charge in [-0.1, -0.05) is 5.21 Å². The molecule has 4 rings (SSSR count). The molecule has 0 radical (unpaired) electrons. The lowest BCUT2D eigenvalue weighted by Crippen LogP contribution is -2.39. The van der Waals surface area contributed by atoms with Crippen molar-refractivity contribution in [3.63, 3.8) is 0 Å². The molecule has 3 heterocycles. The number of pyridine rings is 1. The molecule has 1 saturated heterocycles. The van der Waals surface area contributed by atoms with Crippen LogP contribution < -0.4 is 0 Å². The molecule has 1 unspecified atom stereocenters. The molecule has 31 heavy (non-hydrogen) atoms. The van der Waals surface area contributed by atoms with Crippen LogP contribution in [0.3, 0.4) is 0 Å². The van der Waals surface area contributed by atoms with Gasteiger partial charge >= 0.3 is 5.97 Å². The fraction of sp³-hybridized carbons (Fsp3) is 0.391. The molecule has 0 amide bonds. The largest absolute Gasteiger partial charge is 0.466 e. The van der Waals surface area contributed by atoms with Crippen LogP contribution in [-0.2, 0) is 16.1 Å². The van der Waals surface area contributed by atoms with Crippen LogP contribution in [0.2, 0.25) is 0 Å². The summed E-state index contributed by atoms with van der Waals surface area (Å²) >= 11 is 0. The van der Waals surface area contributed by atoms with Gasteiger partial charge in [0.15, 0.2) is 0 Å². The van der Waals surface area contributed by atoms with Crippen molar-refractivity contribution in [2.24, 2.45) is 5.92 Å². The summed E-state index contributed by atoms with van der Waals surface area (Å²) in [5, 5.41) is 8.85. The van der Waals surface area contributed by atoms with Crippen molar-refractivity contribution in [3.05, 3.63) is 59.8 Å². The van der Waals surface area contributed by atoms with E-state index in [1.807, 2.05) is 19.1 Å². The van der Waals surface area contributed by atoms with E-state index in [1.165, 1.54) is 6.07 Å². The first-order valence-electron chi connectivity index (χ1n) is 10.6. The highest BCUT2D eigenvalue weighted by Gasteiger charge is 2.28. The number of piperidine rings is 1. The minimum atomic E-state index is -0.257. The van der Waals surface area contributed by atoms with Crippen LogP contribution in [-0.4, -0.2) is 50.5 Å². The summed E-state index contributed by atoms with van der Waals surface area (Å²) in [6.07, 6.45) is 5.22. The van der Waals surface area contributed by atoms with Crippen molar-refractivity contribution < 1.29 is 13.9 Å². The number of rotatable bonds is 6. The molecule has 2 aromatic heterocycles. The summed E-state index contributed by atoms with van der Waals surface area (Å²) in [6.45, 7) is 6.03. The third-order valence-electron chi connectivity index (χ3n) is 5.58. The van der Waals surface area contributed by atoms with Crippen LogP contribution in [0.25, 0.3) is 16.9 Å². The molecule has 1 aliphatic heterocycles. The lowest BCUT2D eigenvalue weighted by molar-refractivity contribution is -0.150. The molecule has 1 atom stereocenters. The number of likely N-dealkylation sites (tertiary alicyclic amines) is 1. The van der Waals surface area contributed by atoms with Crippen molar-refractivity contribution in [1.82, 2.24) is 24.9 Å². The number of hydrogen-bond donors (Lipinski definition) is 0. The van der Waals surface area contributed by atoms with Crippen LogP contribution in [0.5, 0.6) is 0 Å². The number of carbonyl (C=O) groups is 1. The Hall–Kier alpha value is -3.13. The molecule has 0 saturated carbocycles. The second-order valence-electron chi connectivity index (χ2n) is 7.79. The number of aryl methyl sites for hydroxylation is 1. The minimum absolute atomic E-state index is 0.118. The third kappa shape index (κ3) is 4.64. The van der Waals surface area contributed by atoms with E-state index in [4.69, 9.17) is 4.74 Å². The zero-order chi connectivity index (χ0) is 21.8. The molecule has 1 aliphatic rings. The Kier molecular flexibility index (Phi) is 6.36. The van der Waals surface area contributed by atoms with E-state index >= 15 is 0 Å². The molecule has 1 fully saturated rings. The molecule has 1 aromatic carbocycles. The van der Waals surface area contributed by atoms with Crippen LogP contribution in [0, 0.1) is 18.7 Å². The molecule has 0 aliphatic carbocycles. The highest BCUT2D eigenvalue weighted by Crippen LogP contribution is 2.28. The number of hydrogen-bond acceptors (Lipinski definition) is 6. The van der Waals surface area contributed by atoms with Crippen molar-refractivity contribution in [2.75, 3.05) is 19.7 Å². The van der Waals surface area contributed by atoms with E-state index < -0.39 is 0 Å². The smallest absolute Gasteiger partial charge is 0.310 e. The fourth-order valence-electron chi connectivity index (χ4n) is 4.02. The summed E-state index contributed by atoms with van der Waals surface area (Å²) in [5.41, 5.74) is 3.86. The van der Waals surface area contributed by atoms with Gasteiger partial charge in [-0.3, -0.25) is 14.7 Å². The maximum atomic E-state index is 13.8. The number of aromatic nitrogens is 4. The highest BCUT2D eigenvalue weighted by molar-refractivity contribution is 5.72. The Morgan fingerprint density at radius 2 is 2.06 bits per heavy atom. The number of ether oxygens (including phenoxy) is 1. The Labute approximate surface area is 180 Å². The molecule has 0 N–H and O–H groups in total. The standard InChI is InChI=1S/C23H26FN5O2/c1-3-31-23(30)18-5-4-12-28(14-18)15-21-22(17-8-10-25-11-9-17)29(27-26-21)19-6-7-20(24)16(2)13-19/h6-11,13,18H,3-5,12,14-15H2,1-2H3. The number of halogens is 1. The SMILES string of the molecule is CCOC(=O)C1CCCN(Cc2nnn(-c3ccc(F)c(C)c3)c2-c2ccncc2)C1.